The van der Waals surface area contributed by atoms with Crippen LogP contribution < -0.4 is 0 Å². The van der Waals surface area contributed by atoms with Crippen molar-refractivity contribution >= 4 is 11.9 Å². The second-order valence-electron chi connectivity index (χ2n) is 4.84. The second-order valence-corrected chi connectivity index (χ2v) is 4.84. The Morgan fingerprint density at radius 1 is 1.32 bits per heavy atom. The standard InChI is InChI=1S/C14H18FNO3/c1-9(2)16(10(3)17)14(4,13(18)19)11-7-5-6-8-12(11)15/h5-9H,1-4H3,(H,18,19). The molecule has 1 aromatic carbocycles. The number of hydrogen-bond acceptors (Lipinski definition) is 2. The minimum atomic E-state index is -1.73. The molecule has 1 unspecified atom stereocenters. The van der Waals surface area contributed by atoms with Gasteiger partial charge in [-0.05, 0) is 26.8 Å². The first-order valence-corrected chi connectivity index (χ1v) is 6.01. The lowest BCUT2D eigenvalue weighted by Crippen LogP contribution is -2.55. The third kappa shape index (κ3) is 2.59. The predicted molar refractivity (Wildman–Crippen MR) is 69.0 cm³/mol. The molecule has 0 aliphatic carbocycles. The molecule has 1 N–H and O–H groups in total. The fraction of sp³-hybridized carbons (Fsp3) is 0.429. The van der Waals surface area contributed by atoms with E-state index >= 15 is 0 Å². The van der Waals surface area contributed by atoms with Crippen molar-refractivity contribution in [3.05, 3.63) is 35.6 Å². The molecule has 104 valence electrons. The number of carbonyl (C=O) groups is 2. The summed E-state index contributed by atoms with van der Waals surface area (Å²) in [6, 6.07) is 5.25. The molecule has 1 aromatic rings. The first kappa shape index (κ1) is 15.1. The Morgan fingerprint density at radius 3 is 2.21 bits per heavy atom. The Hall–Kier alpha value is -1.91. The van der Waals surface area contributed by atoms with Gasteiger partial charge < -0.3 is 10.0 Å². The minimum Gasteiger partial charge on any atom is -0.479 e. The SMILES string of the molecule is CC(=O)N(C(C)C)C(C)(C(=O)O)c1ccccc1F. The van der Waals surface area contributed by atoms with Crippen LogP contribution in [0.15, 0.2) is 24.3 Å². The lowest BCUT2D eigenvalue weighted by Gasteiger charge is -2.40. The normalized spacial score (nSPS) is 14.0. The van der Waals surface area contributed by atoms with E-state index in [1.165, 1.54) is 36.9 Å². The van der Waals surface area contributed by atoms with Gasteiger partial charge in [0.1, 0.15) is 5.82 Å². The molecule has 5 heteroatoms. The molecule has 1 amide bonds. The molecular formula is C14H18FNO3. The number of hydrogen-bond donors (Lipinski definition) is 1. The van der Waals surface area contributed by atoms with E-state index < -0.39 is 23.2 Å². The Morgan fingerprint density at radius 2 is 1.84 bits per heavy atom. The zero-order valence-electron chi connectivity index (χ0n) is 11.5. The average Bonchev–Trinajstić information content (AvgIpc) is 2.27. The van der Waals surface area contributed by atoms with Crippen LogP contribution in [0.1, 0.15) is 33.3 Å². The van der Waals surface area contributed by atoms with E-state index in [1.807, 2.05) is 0 Å². The van der Waals surface area contributed by atoms with Crippen LogP contribution in [-0.4, -0.2) is 27.9 Å². The van der Waals surface area contributed by atoms with Crippen molar-refractivity contribution in [3.8, 4) is 0 Å². The Kier molecular flexibility index (Phi) is 4.29. The lowest BCUT2D eigenvalue weighted by molar-refractivity contribution is -0.160. The highest BCUT2D eigenvalue weighted by Gasteiger charge is 2.45. The monoisotopic (exact) mass is 267 g/mol. The third-order valence-electron chi connectivity index (χ3n) is 3.15. The summed E-state index contributed by atoms with van der Waals surface area (Å²) in [4.78, 5) is 24.6. The minimum absolute atomic E-state index is 0.0219. The number of rotatable bonds is 4. The van der Waals surface area contributed by atoms with Gasteiger partial charge in [-0.25, -0.2) is 9.18 Å². The molecule has 1 atom stereocenters. The van der Waals surface area contributed by atoms with E-state index in [9.17, 15) is 19.1 Å². The maximum Gasteiger partial charge on any atom is 0.334 e. The van der Waals surface area contributed by atoms with E-state index in [0.29, 0.717) is 0 Å². The molecule has 0 saturated carbocycles. The Balaban J connectivity index is 3.52. The van der Waals surface area contributed by atoms with E-state index in [1.54, 1.807) is 19.9 Å². The molecule has 0 radical (unpaired) electrons. The van der Waals surface area contributed by atoms with Crippen molar-refractivity contribution in [3.63, 3.8) is 0 Å². The van der Waals surface area contributed by atoms with Gasteiger partial charge in [0.2, 0.25) is 5.91 Å². The van der Waals surface area contributed by atoms with Crippen LogP contribution in [0.4, 0.5) is 4.39 Å². The zero-order chi connectivity index (χ0) is 14.8. The highest BCUT2D eigenvalue weighted by Crippen LogP contribution is 2.32. The molecule has 1 rings (SSSR count). The van der Waals surface area contributed by atoms with Crippen LogP contribution in [-0.2, 0) is 15.1 Å². The van der Waals surface area contributed by atoms with Crippen molar-refractivity contribution in [1.82, 2.24) is 4.90 Å². The highest BCUT2D eigenvalue weighted by atomic mass is 19.1. The number of carbonyl (C=O) groups excluding carboxylic acids is 1. The molecule has 0 fully saturated rings. The van der Waals surface area contributed by atoms with E-state index in [2.05, 4.69) is 0 Å². The fourth-order valence-electron chi connectivity index (χ4n) is 2.40. The van der Waals surface area contributed by atoms with Crippen molar-refractivity contribution in [1.29, 1.82) is 0 Å². The molecule has 0 aromatic heterocycles. The van der Waals surface area contributed by atoms with Crippen molar-refractivity contribution in [2.24, 2.45) is 0 Å². The summed E-state index contributed by atoms with van der Waals surface area (Å²) >= 11 is 0. The molecule has 0 heterocycles. The van der Waals surface area contributed by atoms with E-state index in [-0.39, 0.29) is 11.6 Å². The van der Waals surface area contributed by atoms with Gasteiger partial charge in [-0.3, -0.25) is 4.79 Å². The lowest BCUT2D eigenvalue weighted by atomic mass is 9.88. The molecule has 0 saturated heterocycles. The molecule has 4 nitrogen and oxygen atoms in total. The van der Waals surface area contributed by atoms with Crippen LogP contribution in [0.5, 0.6) is 0 Å². The highest BCUT2D eigenvalue weighted by molar-refractivity contribution is 5.87. The number of carboxylic acid groups (broad SMARTS) is 1. The van der Waals surface area contributed by atoms with Crippen LogP contribution in [0.2, 0.25) is 0 Å². The van der Waals surface area contributed by atoms with Crippen LogP contribution in [0.25, 0.3) is 0 Å². The number of halogens is 1. The van der Waals surface area contributed by atoms with Gasteiger partial charge in [-0.1, -0.05) is 18.2 Å². The first-order chi connectivity index (χ1) is 8.72. The predicted octanol–water partition coefficient (Wildman–Crippen LogP) is 2.38. The van der Waals surface area contributed by atoms with Crippen molar-refractivity contribution in [2.45, 2.75) is 39.3 Å². The maximum absolute atomic E-state index is 13.9. The molecule has 0 spiro atoms. The molecule has 0 bridgehead atoms. The summed E-state index contributed by atoms with van der Waals surface area (Å²) in [7, 11) is 0. The van der Waals surface area contributed by atoms with Crippen LogP contribution in [0, 0.1) is 5.82 Å². The van der Waals surface area contributed by atoms with Gasteiger partial charge in [0.05, 0.1) is 0 Å². The summed E-state index contributed by atoms with van der Waals surface area (Å²) in [5, 5.41) is 9.52. The van der Waals surface area contributed by atoms with Gasteiger partial charge in [-0.2, -0.15) is 0 Å². The Bertz CT molecular complexity index is 501. The zero-order valence-corrected chi connectivity index (χ0v) is 11.5. The van der Waals surface area contributed by atoms with E-state index in [4.69, 9.17) is 0 Å². The topological polar surface area (TPSA) is 57.6 Å². The number of amides is 1. The molecular weight excluding hydrogens is 249 g/mol. The largest absolute Gasteiger partial charge is 0.479 e. The van der Waals surface area contributed by atoms with Gasteiger partial charge in [0.15, 0.2) is 5.54 Å². The number of carboxylic acids is 1. The fourth-order valence-corrected chi connectivity index (χ4v) is 2.40. The molecule has 0 aliphatic rings. The number of aliphatic carboxylic acids is 1. The van der Waals surface area contributed by atoms with Crippen LogP contribution >= 0.6 is 0 Å². The summed E-state index contributed by atoms with van der Waals surface area (Å²) in [6.07, 6.45) is 0. The van der Waals surface area contributed by atoms with E-state index in [0.717, 1.165) is 0 Å². The molecule has 0 aliphatic heterocycles. The third-order valence-corrected chi connectivity index (χ3v) is 3.15. The van der Waals surface area contributed by atoms with Gasteiger partial charge in [-0.15, -0.1) is 0 Å². The maximum atomic E-state index is 13.9. The summed E-state index contributed by atoms with van der Waals surface area (Å²) < 4.78 is 13.9. The van der Waals surface area contributed by atoms with Crippen molar-refractivity contribution < 1.29 is 19.1 Å². The summed E-state index contributed by atoms with van der Waals surface area (Å²) in [6.45, 7) is 6.02. The molecule has 19 heavy (non-hydrogen) atoms. The quantitative estimate of drug-likeness (QED) is 0.911. The van der Waals surface area contributed by atoms with Gasteiger partial charge in [0, 0.05) is 18.5 Å². The van der Waals surface area contributed by atoms with Gasteiger partial charge >= 0.3 is 5.97 Å². The number of nitrogens with zero attached hydrogens (tertiary/aromatic N) is 1. The first-order valence-electron chi connectivity index (χ1n) is 6.01. The second kappa shape index (κ2) is 5.38. The van der Waals surface area contributed by atoms with Gasteiger partial charge in [0.25, 0.3) is 0 Å². The van der Waals surface area contributed by atoms with Crippen molar-refractivity contribution in [2.75, 3.05) is 0 Å². The summed E-state index contributed by atoms with van der Waals surface area (Å²) in [5.74, 6) is -2.32. The smallest absolute Gasteiger partial charge is 0.334 e. The number of benzene rings is 1. The van der Waals surface area contributed by atoms with Crippen LogP contribution in [0.3, 0.4) is 0 Å². The average molecular weight is 267 g/mol. The Labute approximate surface area is 111 Å². The summed E-state index contributed by atoms with van der Waals surface area (Å²) in [5.41, 5.74) is -1.75.